The Bertz CT molecular complexity index is 980. The van der Waals surface area contributed by atoms with Crippen LogP contribution in [0.15, 0.2) is 30.5 Å². The Hall–Kier alpha value is -2.59. The van der Waals surface area contributed by atoms with Crippen LogP contribution in [0.3, 0.4) is 0 Å². The van der Waals surface area contributed by atoms with E-state index in [4.69, 9.17) is 9.84 Å². The van der Waals surface area contributed by atoms with Crippen molar-refractivity contribution in [1.82, 2.24) is 4.98 Å². The smallest absolute Gasteiger partial charge is 0.390 e. The number of nitrogens with one attached hydrogen (secondary N) is 1. The van der Waals surface area contributed by atoms with E-state index in [1.165, 1.54) is 38.2 Å². The molecule has 1 fully saturated rings. The summed E-state index contributed by atoms with van der Waals surface area (Å²) in [6.45, 7) is 3.03. The molecule has 0 saturated carbocycles. The van der Waals surface area contributed by atoms with Gasteiger partial charge >= 0.3 is 6.18 Å². The van der Waals surface area contributed by atoms with Crippen molar-refractivity contribution in [2.45, 2.75) is 51.2 Å². The maximum absolute atomic E-state index is 14.2. The van der Waals surface area contributed by atoms with E-state index in [1.54, 1.807) is 0 Å². The summed E-state index contributed by atoms with van der Waals surface area (Å²) in [6.07, 6.45) is -5.19. The summed E-state index contributed by atoms with van der Waals surface area (Å²) in [5.41, 5.74) is -2.29. The number of rotatable bonds is 4. The van der Waals surface area contributed by atoms with E-state index in [0.29, 0.717) is 5.69 Å². The van der Waals surface area contributed by atoms with Gasteiger partial charge in [-0.25, -0.2) is 8.78 Å². The van der Waals surface area contributed by atoms with Crippen LogP contribution in [0.4, 0.5) is 27.6 Å². The molecule has 1 aromatic carbocycles. The number of amides is 1. The third-order valence-electron chi connectivity index (χ3n) is 5.92. The van der Waals surface area contributed by atoms with Crippen LogP contribution >= 0.6 is 0 Å². The van der Waals surface area contributed by atoms with Crippen LogP contribution in [0.25, 0.3) is 0 Å². The summed E-state index contributed by atoms with van der Waals surface area (Å²) >= 11 is 0. The number of alkyl halides is 3. The zero-order valence-electron chi connectivity index (χ0n) is 16.9. The fraction of sp³-hybridized carbons (Fsp3) is 0.429. The molecule has 1 amide bonds. The van der Waals surface area contributed by atoms with Crippen LogP contribution in [0.5, 0.6) is 0 Å². The van der Waals surface area contributed by atoms with Crippen LogP contribution in [0, 0.1) is 24.5 Å². The lowest BCUT2D eigenvalue weighted by molar-refractivity contribution is -0.272. The molecule has 1 aliphatic rings. The first-order chi connectivity index (χ1) is 14.4. The van der Waals surface area contributed by atoms with Gasteiger partial charge in [-0.3, -0.25) is 9.78 Å². The van der Waals surface area contributed by atoms with Gasteiger partial charge in [0.25, 0.3) is 5.91 Å². The number of hydrogen-bond donors (Lipinski definition) is 2. The normalized spacial score (nSPS) is 26.2. The quantitative estimate of drug-likeness (QED) is 0.693. The van der Waals surface area contributed by atoms with Crippen LogP contribution in [-0.4, -0.2) is 33.9 Å². The molecule has 2 heterocycles. The van der Waals surface area contributed by atoms with E-state index in [2.05, 4.69) is 10.3 Å². The van der Waals surface area contributed by atoms with Gasteiger partial charge < -0.3 is 15.2 Å². The summed E-state index contributed by atoms with van der Waals surface area (Å²) < 4.78 is 74.6. The van der Waals surface area contributed by atoms with Crippen molar-refractivity contribution in [3.8, 4) is 0 Å². The number of carbonyl (C=O) groups is 1. The van der Waals surface area contributed by atoms with Gasteiger partial charge in [-0.05, 0) is 43.2 Å². The minimum atomic E-state index is -4.81. The Kier molecular flexibility index (Phi) is 6.07. The van der Waals surface area contributed by atoms with Crippen molar-refractivity contribution in [2.24, 2.45) is 5.92 Å². The van der Waals surface area contributed by atoms with E-state index >= 15 is 0 Å². The lowest BCUT2D eigenvalue weighted by atomic mass is 9.76. The molecule has 31 heavy (non-hydrogen) atoms. The first-order valence-electron chi connectivity index (χ1n) is 9.46. The Morgan fingerprint density at radius 1 is 1.26 bits per heavy atom. The fourth-order valence-electron chi connectivity index (χ4n) is 3.86. The number of aliphatic hydroxyl groups excluding tert-OH is 1. The van der Waals surface area contributed by atoms with Gasteiger partial charge in [-0.1, -0.05) is 13.0 Å². The summed E-state index contributed by atoms with van der Waals surface area (Å²) in [5, 5.41) is 11.5. The van der Waals surface area contributed by atoms with E-state index in [-0.39, 0.29) is 23.4 Å². The second-order valence-corrected chi connectivity index (χ2v) is 7.72. The highest BCUT2D eigenvalue weighted by atomic mass is 19.4. The van der Waals surface area contributed by atoms with Crippen molar-refractivity contribution in [1.29, 1.82) is 0 Å². The second-order valence-electron chi connectivity index (χ2n) is 7.72. The Morgan fingerprint density at radius 2 is 1.94 bits per heavy atom. The maximum atomic E-state index is 14.2. The zero-order chi connectivity index (χ0) is 23.1. The van der Waals surface area contributed by atoms with Gasteiger partial charge in [0, 0.05) is 11.8 Å². The van der Waals surface area contributed by atoms with E-state index in [1.807, 2.05) is 0 Å². The highest BCUT2D eigenvalue weighted by molar-refractivity contribution is 5.95. The molecule has 1 saturated heterocycles. The highest BCUT2D eigenvalue weighted by Gasteiger charge is 2.65. The molecule has 0 aliphatic carbocycles. The molecule has 0 spiro atoms. The van der Waals surface area contributed by atoms with Gasteiger partial charge in [0.2, 0.25) is 0 Å². The molecule has 3 rings (SSSR count). The molecule has 1 aliphatic heterocycles. The number of ether oxygens (including phenoxy) is 1. The van der Waals surface area contributed by atoms with Crippen LogP contribution in [0.2, 0.25) is 0 Å². The standard InChI is InChI=1S/C21H21F5N2O3/c1-10-14(6-7-15(22)17(10)23)16-11(2)20(3,21(24,25)26)31-18(16)19(30)28-12-4-5-13(9-29)27-8-12/h4-8,11,16,18,29H,9H2,1-3H3,(H,28,30)/t11-,16+,18-,20+/m1/s1. The molecule has 4 atom stereocenters. The number of nitrogens with zero attached hydrogens (tertiary/aromatic N) is 1. The Labute approximate surface area is 175 Å². The minimum absolute atomic E-state index is 0.0632. The minimum Gasteiger partial charge on any atom is -0.390 e. The monoisotopic (exact) mass is 444 g/mol. The maximum Gasteiger partial charge on any atom is 0.417 e. The van der Waals surface area contributed by atoms with Gasteiger partial charge in [0.15, 0.2) is 17.2 Å². The molecular formula is C21H21F5N2O3. The number of pyridine rings is 1. The topological polar surface area (TPSA) is 71.5 Å². The average Bonchev–Trinajstić information content (AvgIpc) is 2.99. The van der Waals surface area contributed by atoms with Crippen molar-refractivity contribution in [3.05, 3.63) is 58.9 Å². The van der Waals surface area contributed by atoms with Gasteiger partial charge in [-0.2, -0.15) is 13.2 Å². The lowest BCUT2D eigenvalue weighted by Gasteiger charge is -2.32. The highest BCUT2D eigenvalue weighted by Crippen LogP contribution is 2.54. The molecule has 0 bridgehead atoms. The Balaban J connectivity index is 2.02. The number of benzene rings is 1. The molecule has 2 N–H and O–H groups in total. The second kappa shape index (κ2) is 8.16. The van der Waals surface area contributed by atoms with Crippen molar-refractivity contribution in [3.63, 3.8) is 0 Å². The van der Waals surface area contributed by atoms with E-state index in [0.717, 1.165) is 13.0 Å². The van der Waals surface area contributed by atoms with E-state index in [9.17, 15) is 26.7 Å². The first-order valence-corrected chi connectivity index (χ1v) is 9.46. The molecular weight excluding hydrogens is 423 g/mol. The molecule has 2 aromatic rings. The number of anilines is 1. The molecule has 1 aromatic heterocycles. The fourth-order valence-corrected chi connectivity index (χ4v) is 3.86. The summed E-state index contributed by atoms with van der Waals surface area (Å²) in [4.78, 5) is 16.8. The number of aromatic nitrogens is 1. The van der Waals surface area contributed by atoms with Crippen LogP contribution in [-0.2, 0) is 16.1 Å². The number of hydrogen-bond acceptors (Lipinski definition) is 4. The van der Waals surface area contributed by atoms with Crippen molar-refractivity contribution < 1.29 is 36.6 Å². The molecule has 168 valence electrons. The van der Waals surface area contributed by atoms with Crippen molar-refractivity contribution >= 4 is 11.6 Å². The van der Waals surface area contributed by atoms with Gasteiger partial charge in [0.05, 0.1) is 24.2 Å². The van der Waals surface area contributed by atoms with E-state index < -0.39 is 47.3 Å². The van der Waals surface area contributed by atoms with Crippen molar-refractivity contribution in [2.75, 3.05) is 5.32 Å². The summed E-state index contributed by atoms with van der Waals surface area (Å²) in [5.74, 6) is -5.67. The predicted octanol–water partition coefficient (Wildman–Crippen LogP) is 4.24. The Morgan fingerprint density at radius 3 is 2.48 bits per heavy atom. The molecule has 0 unspecified atom stereocenters. The van der Waals surface area contributed by atoms with Crippen LogP contribution < -0.4 is 5.32 Å². The zero-order valence-corrected chi connectivity index (χ0v) is 16.9. The predicted molar refractivity (Wildman–Crippen MR) is 101 cm³/mol. The third kappa shape index (κ3) is 4.01. The number of carbonyl (C=O) groups excluding carboxylic acids is 1. The number of aliphatic hydroxyl groups is 1. The lowest BCUT2D eigenvalue weighted by Crippen LogP contribution is -2.47. The summed E-state index contributed by atoms with van der Waals surface area (Å²) in [7, 11) is 0. The molecule has 10 heteroatoms. The van der Waals surface area contributed by atoms with Gasteiger partial charge in [-0.15, -0.1) is 0 Å². The average molecular weight is 444 g/mol. The largest absolute Gasteiger partial charge is 0.417 e. The third-order valence-corrected chi connectivity index (χ3v) is 5.92. The molecule has 5 nitrogen and oxygen atoms in total. The van der Waals surface area contributed by atoms with Gasteiger partial charge in [0.1, 0.15) is 6.10 Å². The molecule has 0 radical (unpaired) electrons. The SMILES string of the molecule is Cc1c([C@@H]2[C@@H](C)[C@@](C)(C(F)(F)F)O[C@H]2C(=O)Nc2ccc(CO)nc2)ccc(F)c1F. The number of halogens is 5. The summed E-state index contributed by atoms with van der Waals surface area (Å²) in [6, 6.07) is 4.86. The van der Waals surface area contributed by atoms with Crippen LogP contribution in [0.1, 0.15) is 36.6 Å². The first kappa shape index (κ1) is 23.1.